The molecule has 0 spiro atoms. The number of thioether (sulfide) groups is 1. The Bertz CT molecular complexity index is 554. The molecule has 0 N–H and O–H groups in total. The van der Waals surface area contributed by atoms with E-state index in [4.69, 9.17) is 0 Å². The van der Waals surface area contributed by atoms with Crippen LogP contribution in [0.3, 0.4) is 0 Å². The van der Waals surface area contributed by atoms with E-state index in [0.29, 0.717) is 12.3 Å². The highest BCUT2D eigenvalue weighted by atomic mass is 32.2. The van der Waals surface area contributed by atoms with Gasteiger partial charge in [-0.3, -0.25) is 9.69 Å². The summed E-state index contributed by atoms with van der Waals surface area (Å²) >= 11 is 1.47. The third-order valence-electron chi connectivity index (χ3n) is 3.54. The Balaban J connectivity index is 2.09. The fraction of sp³-hybridized carbons (Fsp3) is 0.471. The third-order valence-corrected chi connectivity index (χ3v) is 4.50. The predicted molar refractivity (Wildman–Crippen MR) is 94.1 cm³/mol. The van der Waals surface area contributed by atoms with Gasteiger partial charge in [0.15, 0.2) is 5.17 Å². The molecule has 0 aliphatic carbocycles. The molecule has 4 nitrogen and oxygen atoms in total. The Morgan fingerprint density at radius 3 is 2.73 bits per heavy atom. The highest BCUT2D eigenvalue weighted by Gasteiger charge is 2.28. The van der Waals surface area contributed by atoms with Gasteiger partial charge in [0.05, 0.1) is 12.3 Å². The van der Waals surface area contributed by atoms with Crippen LogP contribution in [0.4, 0.5) is 0 Å². The van der Waals surface area contributed by atoms with Crippen molar-refractivity contribution in [3.05, 3.63) is 35.9 Å². The number of unbranched alkanes of at least 4 members (excludes halogenated alkanes) is 1. The van der Waals surface area contributed by atoms with E-state index in [2.05, 4.69) is 24.1 Å². The molecule has 118 valence electrons. The molecule has 0 bridgehead atoms. The van der Waals surface area contributed by atoms with Crippen LogP contribution in [0, 0.1) is 0 Å². The topological polar surface area (TPSA) is 45.0 Å². The van der Waals surface area contributed by atoms with Gasteiger partial charge in [-0.05, 0) is 24.8 Å². The lowest BCUT2D eigenvalue weighted by atomic mass is 10.1. The molecule has 1 aliphatic rings. The van der Waals surface area contributed by atoms with Crippen LogP contribution in [-0.2, 0) is 11.3 Å². The summed E-state index contributed by atoms with van der Waals surface area (Å²) in [7, 11) is 0. The minimum atomic E-state index is 0.106. The number of amidine groups is 1. The summed E-state index contributed by atoms with van der Waals surface area (Å²) in [4.78, 5) is 13.8. The highest BCUT2D eigenvalue weighted by Crippen LogP contribution is 2.22. The predicted octanol–water partition coefficient (Wildman–Crippen LogP) is 4.07. The summed E-state index contributed by atoms with van der Waals surface area (Å²) in [5.74, 6) is 0.562. The van der Waals surface area contributed by atoms with Crippen molar-refractivity contribution in [3.63, 3.8) is 0 Å². The van der Waals surface area contributed by atoms with Crippen LogP contribution in [0.5, 0.6) is 0 Å². The molecule has 1 saturated heterocycles. The Kier molecular flexibility index (Phi) is 6.65. The van der Waals surface area contributed by atoms with Crippen LogP contribution in [0.15, 0.2) is 40.5 Å². The molecule has 1 aliphatic heterocycles. The van der Waals surface area contributed by atoms with Gasteiger partial charge < -0.3 is 0 Å². The van der Waals surface area contributed by atoms with Gasteiger partial charge in [-0.15, -0.1) is 5.10 Å². The molecule has 0 aromatic heterocycles. The van der Waals surface area contributed by atoms with E-state index in [0.717, 1.165) is 42.1 Å². The normalized spacial score (nSPS) is 17.5. The lowest BCUT2D eigenvalue weighted by Crippen LogP contribution is -2.28. The highest BCUT2D eigenvalue weighted by molar-refractivity contribution is 8.15. The number of hydrogen-bond acceptors (Lipinski definition) is 4. The van der Waals surface area contributed by atoms with Crippen molar-refractivity contribution in [2.75, 3.05) is 5.75 Å². The summed E-state index contributed by atoms with van der Waals surface area (Å²) < 4.78 is 0. The van der Waals surface area contributed by atoms with E-state index in [1.807, 2.05) is 30.3 Å². The van der Waals surface area contributed by atoms with Crippen LogP contribution >= 0.6 is 11.8 Å². The van der Waals surface area contributed by atoms with Crippen LogP contribution in [0.25, 0.3) is 0 Å². The van der Waals surface area contributed by atoms with Crippen molar-refractivity contribution in [3.8, 4) is 0 Å². The molecule has 0 unspecified atom stereocenters. The van der Waals surface area contributed by atoms with Gasteiger partial charge in [0.25, 0.3) is 0 Å². The first-order valence-corrected chi connectivity index (χ1v) is 8.83. The van der Waals surface area contributed by atoms with E-state index < -0.39 is 0 Å². The molecular formula is C17H23N3OS. The molecule has 2 rings (SSSR count). The number of carbonyl (C=O) groups is 1. The molecule has 1 aromatic carbocycles. The molecule has 0 radical (unpaired) electrons. The first kappa shape index (κ1) is 16.7. The molecule has 1 aromatic rings. The molecule has 0 saturated carbocycles. The summed E-state index contributed by atoms with van der Waals surface area (Å²) in [6, 6.07) is 9.99. The Labute approximate surface area is 136 Å². The van der Waals surface area contributed by atoms with Gasteiger partial charge in [0.2, 0.25) is 5.91 Å². The zero-order valence-corrected chi connectivity index (χ0v) is 14.1. The smallest absolute Gasteiger partial charge is 0.239 e. The lowest BCUT2D eigenvalue weighted by Gasteiger charge is -2.15. The minimum absolute atomic E-state index is 0.106. The van der Waals surface area contributed by atoms with Gasteiger partial charge in [-0.25, -0.2) is 0 Å². The largest absolute Gasteiger partial charge is 0.285 e. The fourth-order valence-electron chi connectivity index (χ4n) is 2.19. The lowest BCUT2D eigenvalue weighted by molar-refractivity contribution is -0.124. The van der Waals surface area contributed by atoms with Crippen LogP contribution < -0.4 is 0 Å². The molecule has 0 atom stereocenters. The fourth-order valence-corrected chi connectivity index (χ4v) is 3.01. The van der Waals surface area contributed by atoms with Crippen LogP contribution in [0.2, 0.25) is 0 Å². The summed E-state index contributed by atoms with van der Waals surface area (Å²) in [6.45, 7) is 4.84. The Morgan fingerprint density at radius 2 is 2.05 bits per heavy atom. The standard InChI is InChI=1S/C17H23N3OS/c1-3-5-11-15(4-2)18-19-17-20(16(21)13-22-17)12-14-9-7-6-8-10-14/h6-10H,3-5,11-13H2,1-2H3/b18-15-,19-17+. The average Bonchev–Trinajstić information content (AvgIpc) is 2.89. The maximum atomic E-state index is 12.1. The van der Waals surface area contributed by atoms with E-state index in [1.54, 1.807) is 4.90 Å². The zero-order valence-electron chi connectivity index (χ0n) is 13.3. The molecule has 1 amide bonds. The van der Waals surface area contributed by atoms with Crippen LogP contribution in [-0.4, -0.2) is 27.4 Å². The molecule has 1 heterocycles. The van der Waals surface area contributed by atoms with Crippen molar-refractivity contribution < 1.29 is 4.79 Å². The van der Waals surface area contributed by atoms with Crippen molar-refractivity contribution >= 4 is 28.5 Å². The van der Waals surface area contributed by atoms with Crippen LogP contribution in [0.1, 0.15) is 45.1 Å². The average molecular weight is 317 g/mol. The second-order valence-electron chi connectivity index (χ2n) is 5.26. The molecule has 1 fully saturated rings. The molecule has 5 heteroatoms. The summed E-state index contributed by atoms with van der Waals surface area (Å²) in [5.41, 5.74) is 2.21. The van der Waals surface area contributed by atoms with Gasteiger partial charge in [-0.1, -0.05) is 62.4 Å². The number of benzene rings is 1. The maximum absolute atomic E-state index is 12.1. The van der Waals surface area contributed by atoms with E-state index in [-0.39, 0.29) is 5.91 Å². The van der Waals surface area contributed by atoms with Crippen molar-refractivity contribution in [1.29, 1.82) is 0 Å². The second-order valence-corrected chi connectivity index (χ2v) is 6.20. The summed E-state index contributed by atoms with van der Waals surface area (Å²) in [5, 5.41) is 9.44. The maximum Gasteiger partial charge on any atom is 0.239 e. The van der Waals surface area contributed by atoms with E-state index in [9.17, 15) is 4.79 Å². The van der Waals surface area contributed by atoms with Crippen molar-refractivity contribution in [1.82, 2.24) is 4.90 Å². The monoisotopic (exact) mass is 317 g/mol. The van der Waals surface area contributed by atoms with Crippen molar-refractivity contribution in [2.45, 2.75) is 46.1 Å². The van der Waals surface area contributed by atoms with Gasteiger partial charge in [0.1, 0.15) is 0 Å². The number of carbonyl (C=O) groups excluding carboxylic acids is 1. The third kappa shape index (κ3) is 4.70. The Hall–Kier alpha value is -1.62. The van der Waals surface area contributed by atoms with Gasteiger partial charge in [-0.2, -0.15) is 5.10 Å². The number of hydrogen-bond donors (Lipinski definition) is 0. The molecule has 22 heavy (non-hydrogen) atoms. The van der Waals surface area contributed by atoms with E-state index >= 15 is 0 Å². The summed E-state index contributed by atoms with van der Waals surface area (Å²) in [6.07, 6.45) is 4.19. The SMILES string of the molecule is CCCC/C(CC)=N\N=C1\SCC(=O)N1Cc1ccccc1. The van der Waals surface area contributed by atoms with Gasteiger partial charge in [0, 0.05) is 5.71 Å². The number of amides is 1. The molecular weight excluding hydrogens is 294 g/mol. The first-order valence-electron chi connectivity index (χ1n) is 7.85. The Morgan fingerprint density at radius 1 is 1.27 bits per heavy atom. The zero-order chi connectivity index (χ0) is 15.8. The minimum Gasteiger partial charge on any atom is -0.285 e. The number of rotatable bonds is 7. The van der Waals surface area contributed by atoms with E-state index in [1.165, 1.54) is 11.8 Å². The quantitative estimate of drug-likeness (QED) is 0.562. The number of nitrogens with zero attached hydrogens (tertiary/aromatic N) is 3. The van der Waals surface area contributed by atoms with Gasteiger partial charge >= 0.3 is 0 Å². The second kappa shape index (κ2) is 8.73. The first-order chi connectivity index (χ1) is 10.7. The van der Waals surface area contributed by atoms with Crippen molar-refractivity contribution in [2.24, 2.45) is 10.2 Å².